The van der Waals surface area contributed by atoms with Crippen molar-refractivity contribution in [2.75, 3.05) is 0 Å². The highest BCUT2D eigenvalue weighted by Gasteiger charge is 2.45. The van der Waals surface area contributed by atoms with E-state index in [0.29, 0.717) is 11.8 Å². The zero-order valence-electron chi connectivity index (χ0n) is 36.0. The van der Waals surface area contributed by atoms with Crippen molar-refractivity contribution in [2.45, 2.75) is 44.4 Å². The number of hydrogen-bond donors (Lipinski definition) is 0. The molecule has 3 aliphatic rings. The largest absolute Gasteiger partial charge is 0.456 e. The molecule has 0 aliphatic heterocycles. The maximum atomic E-state index is 6.53. The van der Waals surface area contributed by atoms with Crippen LogP contribution in [0.25, 0.3) is 109 Å². The Morgan fingerprint density at radius 1 is 0.438 bits per heavy atom. The maximum Gasteiger partial charge on any atom is 0.136 e. The fraction of sp³-hybridized carbons (Fsp3) is 0.133. The Bertz CT molecular complexity index is 3880. The van der Waals surface area contributed by atoms with Gasteiger partial charge in [-0.2, -0.15) is 0 Å². The van der Waals surface area contributed by atoms with Crippen molar-refractivity contribution in [2.24, 2.45) is 5.92 Å². The minimum atomic E-state index is -0.148. The Hall–Kier alpha value is -6.72. The highest BCUT2D eigenvalue weighted by molar-refractivity contribution is 7.31. The summed E-state index contributed by atoms with van der Waals surface area (Å²) in [6.07, 6.45) is 4.92. The highest BCUT2D eigenvalue weighted by Crippen LogP contribution is 2.55. The van der Waals surface area contributed by atoms with Crippen LogP contribution in [0.2, 0.25) is 0 Å². The number of fused-ring (bicyclic) bond motifs is 13. The molecule has 0 saturated heterocycles. The summed E-state index contributed by atoms with van der Waals surface area (Å²) in [6.45, 7) is 9.63. The summed E-state index contributed by atoms with van der Waals surface area (Å²) < 4.78 is 15.7. The quantitative estimate of drug-likeness (QED) is 0.176. The van der Waals surface area contributed by atoms with Gasteiger partial charge in [0.2, 0.25) is 0 Å². The maximum absolute atomic E-state index is 6.53. The van der Waals surface area contributed by atoms with Gasteiger partial charge < -0.3 is 8.83 Å². The monoisotopic (exact) mass is 858 g/mol. The first kappa shape index (κ1) is 36.7. The van der Waals surface area contributed by atoms with Crippen LogP contribution in [0.4, 0.5) is 0 Å². The summed E-state index contributed by atoms with van der Waals surface area (Å²) in [7, 11) is 0. The van der Waals surface area contributed by atoms with Crippen molar-refractivity contribution in [3.05, 3.63) is 191 Å². The number of thiophene rings is 2. The predicted octanol–water partition coefficient (Wildman–Crippen LogP) is 15.8. The molecule has 4 heteroatoms. The molecule has 0 saturated carbocycles. The zero-order chi connectivity index (χ0) is 42.6. The average molecular weight is 859 g/mol. The van der Waals surface area contributed by atoms with Crippen LogP contribution >= 0.6 is 22.7 Å². The van der Waals surface area contributed by atoms with Crippen LogP contribution < -0.4 is 10.6 Å². The lowest BCUT2D eigenvalue weighted by molar-refractivity contribution is 0.418. The lowest BCUT2D eigenvalue weighted by atomic mass is 9.74. The van der Waals surface area contributed by atoms with Gasteiger partial charge in [0.15, 0.2) is 0 Å². The van der Waals surface area contributed by atoms with E-state index in [9.17, 15) is 0 Å². The smallest absolute Gasteiger partial charge is 0.136 e. The molecule has 4 aromatic heterocycles. The number of benzene rings is 7. The Kier molecular flexibility index (Phi) is 7.43. The Morgan fingerprint density at radius 2 is 1.02 bits per heavy atom. The van der Waals surface area contributed by atoms with E-state index in [-0.39, 0.29) is 10.8 Å². The second-order valence-corrected chi connectivity index (χ2v) is 21.4. The molecule has 14 rings (SSSR count). The summed E-state index contributed by atoms with van der Waals surface area (Å²) in [5, 5.41) is 4.79. The fourth-order valence-corrected chi connectivity index (χ4v) is 13.9. The summed E-state index contributed by atoms with van der Waals surface area (Å²) in [5.74, 6) is 0.643. The number of rotatable bonds is 4. The van der Waals surface area contributed by atoms with Gasteiger partial charge in [0.05, 0.1) is 0 Å². The predicted molar refractivity (Wildman–Crippen MR) is 270 cm³/mol. The first-order valence-electron chi connectivity index (χ1n) is 22.4. The summed E-state index contributed by atoms with van der Waals surface area (Å²) in [5.41, 5.74) is 19.3. The van der Waals surface area contributed by atoms with Crippen molar-refractivity contribution in [1.82, 2.24) is 0 Å². The molecule has 0 N–H and O–H groups in total. The third-order valence-corrected chi connectivity index (χ3v) is 17.4. The van der Waals surface area contributed by atoms with Crippen LogP contribution in [0.15, 0.2) is 167 Å². The van der Waals surface area contributed by atoms with Gasteiger partial charge in [0.25, 0.3) is 0 Å². The van der Waals surface area contributed by atoms with Gasteiger partial charge in [-0.1, -0.05) is 131 Å². The lowest BCUT2D eigenvalue weighted by Crippen LogP contribution is -2.33. The molecule has 2 unspecified atom stereocenters. The van der Waals surface area contributed by atoms with Gasteiger partial charge in [-0.05, 0) is 145 Å². The second kappa shape index (κ2) is 12.9. The van der Waals surface area contributed by atoms with E-state index in [2.05, 4.69) is 198 Å². The third-order valence-electron chi connectivity index (χ3n) is 15.0. The zero-order valence-corrected chi connectivity index (χ0v) is 37.6. The Balaban J connectivity index is 0.773. The minimum absolute atomic E-state index is 0.0306. The van der Waals surface area contributed by atoms with Gasteiger partial charge in [-0.3, -0.25) is 0 Å². The second-order valence-electron chi connectivity index (χ2n) is 19.3. The number of furan rings is 2. The first-order chi connectivity index (χ1) is 31.2. The van der Waals surface area contributed by atoms with E-state index in [0.717, 1.165) is 22.2 Å². The highest BCUT2D eigenvalue weighted by atomic mass is 32.1. The average Bonchev–Trinajstić information content (AvgIpc) is 4.16. The standard InChI is InChI=1S/C60H42O2S2/c1-59(2)47-25-37(15-19-39(47)41-29-53-45(27-49(41)59)43-23-35(17-21-51(43)61-53)33-11-7-5-8-12-33)55-31-57-58(63-55)32-56(64-57)38-16-20-40-42-30-54-46(28-50(42)60(3,4)48(40)26-38)44-24-36(18-22-52(44)62-54)34-13-9-6-10-14-34/h5-32,41,49H,1-4H3. The summed E-state index contributed by atoms with van der Waals surface area (Å²) in [6, 6.07) is 58.3. The molecule has 3 aliphatic carbocycles. The minimum Gasteiger partial charge on any atom is -0.456 e. The molecule has 0 fully saturated rings. The van der Waals surface area contributed by atoms with Gasteiger partial charge in [0, 0.05) is 51.9 Å². The molecule has 0 amide bonds. The van der Waals surface area contributed by atoms with Crippen LogP contribution in [0, 0.1) is 5.92 Å². The Morgan fingerprint density at radius 3 is 1.70 bits per heavy atom. The SMILES string of the molecule is CC1(C)c2cc(-c3cc4sc(-c5ccc6c(c5)C(C)(C)C5C=c7c(oc8ccc(-c9ccccc9)cc78)=CC65)cc4s3)ccc2-c2cc3oc4ccc(-c5ccccc5)cc4c3cc21. The molecule has 7 aromatic carbocycles. The van der Waals surface area contributed by atoms with Gasteiger partial charge in [0.1, 0.15) is 22.2 Å². The van der Waals surface area contributed by atoms with Crippen molar-refractivity contribution >= 4 is 77.1 Å². The van der Waals surface area contributed by atoms with Crippen molar-refractivity contribution in [3.63, 3.8) is 0 Å². The molecular formula is C60H42O2S2. The van der Waals surface area contributed by atoms with Gasteiger partial charge in [-0.25, -0.2) is 0 Å². The molecule has 2 atom stereocenters. The lowest BCUT2D eigenvalue weighted by Gasteiger charge is -2.29. The van der Waals surface area contributed by atoms with Crippen LogP contribution in [0.1, 0.15) is 55.9 Å². The van der Waals surface area contributed by atoms with E-state index >= 15 is 0 Å². The molecule has 0 bridgehead atoms. The summed E-state index contributed by atoms with van der Waals surface area (Å²) >= 11 is 3.83. The van der Waals surface area contributed by atoms with Crippen LogP contribution in [0.3, 0.4) is 0 Å². The molecule has 2 nitrogen and oxygen atoms in total. The fourth-order valence-electron chi connectivity index (χ4n) is 11.6. The summed E-state index contributed by atoms with van der Waals surface area (Å²) in [4.78, 5) is 2.65. The number of hydrogen-bond acceptors (Lipinski definition) is 4. The topological polar surface area (TPSA) is 26.3 Å². The van der Waals surface area contributed by atoms with Crippen LogP contribution in [-0.4, -0.2) is 0 Å². The molecule has 0 radical (unpaired) electrons. The van der Waals surface area contributed by atoms with Crippen LogP contribution in [0.5, 0.6) is 0 Å². The molecule has 0 spiro atoms. The molecular weight excluding hydrogens is 817 g/mol. The van der Waals surface area contributed by atoms with E-state index in [1.54, 1.807) is 0 Å². The van der Waals surface area contributed by atoms with E-state index in [1.807, 2.05) is 22.7 Å². The molecule has 64 heavy (non-hydrogen) atoms. The van der Waals surface area contributed by atoms with Crippen molar-refractivity contribution < 1.29 is 8.83 Å². The van der Waals surface area contributed by atoms with E-state index in [4.69, 9.17) is 8.83 Å². The molecule has 306 valence electrons. The molecule has 4 heterocycles. The van der Waals surface area contributed by atoms with Crippen molar-refractivity contribution in [1.29, 1.82) is 0 Å². The van der Waals surface area contributed by atoms with E-state index < -0.39 is 0 Å². The first-order valence-corrected chi connectivity index (χ1v) is 24.0. The Labute approximate surface area is 379 Å². The van der Waals surface area contributed by atoms with Crippen LogP contribution in [-0.2, 0) is 10.8 Å². The van der Waals surface area contributed by atoms with Crippen molar-refractivity contribution in [3.8, 4) is 54.3 Å². The van der Waals surface area contributed by atoms with Gasteiger partial charge in [-0.15, -0.1) is 22.7 Å². The molecule has 11 aromatic rings. The third kappa shape index (κ3) is 5.18. The normalized spacial score (nSPS) is 17.6. The van der Waals surface area contributed by atoms with E-state index in [1.165, 1.54) is 107 Å². The van der Waals surface area contributed by atoms with Gasteiger partial charge >= 0.3 is 0 Å².